The second-order valence-electron chi connectivity index (χ2n) is 11.8. The molecule has 2 amide bonds. The number of aromatic carboxylic acids is 1. The number of carboxylic acids is 2. The molecule has 5 N–H and O–H groups in total. The van der Waals surface area contributed by atoms with Crippen LogP contribution in [0.5, 0.6) is 11.5 Å². The molecule has 0 spiro atoms. The minimum Gasteiger partial charge on any atom is -0.477 e. The molecule has 21 nitrogen and oxygen atoms in total. The molecule has 26 heteroatoms. The molecule has 0 unspecified atom stereocenters. The van der Waals surface area contributed by atoms with Gasteiger partial charge in [-0.2, -0.15) is 9.50 Å². The van der Waals surface area contributed by atoms with Crippen LogP contribution in [0.3, 0.4) is 0 Å². The maximum Gasteiger partial charge on any atom is 0.375 e. The number of anilines is 1. The van der Waals surface area contributed by atoms with E-state index in [-0.39, 0.29) is 56.4 Å². The molecule has 2 atom stereocenters. The number of β-lactam (4-membered cyclic amide) rings is 1. The number of halogens is 2. The molecule has 1 aromatic carbocycles. The maximum atomic E-state index is 13.7. The summed E-state index contributed by atoms with van der Waals surface area (Å²) in [7, 11) is 0. The summed E-state index contributed by atoms with van der Waals surface area (Å²) in [5.74, 6) is -9.50. The number of aryl methyl sites for hydroxylation is 2. The number of aliphatic carboxylic acids is 1. The van der Waals surface area contributed by atoms with E-state index >= 15 is 0 Å². The predicted octanol–water partition coefficient (Wildman–Crippen LogP) is 1.86. The second kappa shape index (κ2) is 17.4. The lowest BCUT2D eigenvalue weighted by Crippen LogP contribution is -2.71. The first-order valence-corrected chi connectivity index (χ1v) is 20.1. The van der Waals surface area contributed by atoms with Crippen molar-refractivity contribution in [2.45, 2.75) is 30.3 Å². The third-order valence-electron chi connectivity index (χ3n) is 7.91. The number of hydrogen-bond acceptors (Lipinski definition) is 19. The highest BCUT2D eigenvalue weighted by molar-refractivity contribution is 8.01. The van der Waals surface area contributed by atoms with Gasteiger partial charge in [0.1, 0.15) is 39.6 Å². The number of thioether (sulfide) groups is 2. The van der Waals surface area contributed by atoms with Crippen LogP contribution in [0.4, 0.5) is 5.13 Å². The molecule has 0 radical (unpaired) electrons. The van der Waals surface area contributed by atoms with Gasteiger partial charge in [0, 0.05) is 22.6 Å². The Hall–Kier alpha value is -5.82. The highest BCUT2D eigenvalue weighted by Crippen LogP contribution is 2.42. The average Bonchev–Trinajstić information content (AvgIpc) is 3.82. The third-order valence-corrected chi connectivity index (χ3v) is 11.4. The fourth-order valence-corrected chi connectivity index (χ4v) is 8.58. The van der Waals surface area contributed by atoms with Crippen molar-refractivity contribution in [1.82, 2.24) is 34.8 Å². The van der Waals surface area contributed by atoms with Crippen molar-refractivity contribution < 1.29 is 58.1 Å². The van der Waals surface area contributed by atoms with E-state index in [0.29, 0.717) is 16.3 Å². The summed E-state index contributed by atoms with van der Waals surface area (Å²) >= 11 is 14.3. The second-order valence-corrected chi connectivity index (χ2v) is 15.3. The fraction of sp³-hybridized carbons (Fsp3) is 0.250. The van der Waals surface area contributed by atoms with Gasteiger partial charge in [-0.1, -0.05) is 5.16 Å². The Morgan fingerprint density at radius 1 is 1.02 bits per heavy atom. The Bertz CT molecular complexity index is 2490. The van der Waals surface area contributed by atoms with Crippen molar-refractivity contribution in [3.63, 3.8) is 0 Å². The minimum atomic E-state index is -1.39. The number of hydrogen-bond donors (Lipinski definition) is 4. The van der Waals surface area contributed by atoms with Gasteiger partial charge < -0.3 is 35.6 Å². The monoisotopic (exact) mass is 893 g/mol. The SMILES string of the molecule is Cc1cc(SCC2=C(C(=O)O)N3C(=O)[C@@H](NC(=O)C(=NOC(=O)c4cc(OC(=O)CCl)c(OC(=O)CCl)cc4C)c4csc(N)n4)[C@H]3SC2)n2nc(C(=O)O)nc2n1. The smallest absolute Gasteiger partial charge is 0.375 e. The summed E-state index contributed by atoms with van der Waals surface area (Å²) < 4.78 is 11.4. The van der Waals surface area contributed by atoms with Crippen LogP contribution in [0.2, 0.25) is 0 Å². The van der Waals surface area contributed by atoms with Gasteiger partial charge in [0.15, 0.2) is 22.3 Å². The summed E-state index contributed by atoms with van der Waals surface area (Å²) in [5, 5.41) is 30.7. The molecule has 2 aliphatic heterocycles. The van der Waals surface area contributed by atoms with Gasteiger partial charge in [0.05, 0.1) is 5.56 Å². The van der Waals surface area contributed by atoms with Crippen molar-refractivity contribution in [3.8, 4) is 11.5 Å². The normalized spacial score (nSPS) is 16.4. The van der Waals surface area contributed by atoms with Crippen LogP contribution >= 0.6 is 58.1 Å². The Kier molecular flexibility index (Phi) is 12.5. The van der Waals surface area contributed by atoms with Crippen LogP contribution in [-0.4, -0.2) is 122 Å². The van der Waals surface area contributed by atoms with Crippen LogP contribution in [-0.2, 0) is 28.8 Å². The van der Waals surface area contributed by atoms with Gasteiger partial charge >= 0.3 is 29.8 Å². The summed E-state index contributed by atoms with van der Waals surface area (Å²) in [6, 6.07) is 2.61. The number of carbonyl (C=O) groups excluding carboxylic acids is 5. The number of thiazole rings is 1. The molecule has 0 aliphatic carbocycles. The van der Waals surface area contributed by atoms with Gasteiger partial charge in [-0.3, -0.25) is 24.1 Å². The minimum absolute atomic E-state index is 0.0228. The highest BCUT2D eigenvalue weighted by Gasteiger charge is 2.54. The first-order valence-electron chi connectivity index (χ1n) is 16.1. The van der Waals surface area contributed by atoms with Crippen LogP contribution in [0, 0.1) is 13.8 Å². The van der Waals surface area contributed by atoms with Crippen molar-refractivity contribution in [3.05, 3.63) is 63.2 Å². The molecule has 1 fully saturated rings. The van der Waals surface area contributed by atoms with Crippen LogP contribution in [0.1, 0.15) is 37.9 Å². The van der Waals surface area contributed by atoms with E-state index in [1.807, 2.05) is 0 Å². The number of carbonyl (C=O) groups is 7. The van der Waals surface area contributed by atoms with Gasteiger partial charge in [-0.05, 0) is 43.2 Å². The molecule has 58 heavy (non-hydrogen) atoms. The van der Waals surface area contributed by atoms with E-state index < -0.39 is 76.4 Å². The Labute approximate surface area is 346 Å². The molecule has 4 aromatic rings. The Balaban J connectivity index is 1.21. The molecule has 0 bridgehead atoms. The summed E-state index contributed by atoms with van der Waals surface area (Å²) in [6.07, 6.45) is 0. The number of nitrogen functional groups attached to an aromatic ring is 1. The number of esters is 2. The van der Waals surface area contributed by atoms with Crippen molar-refractivity contribution in [1.29, 1.82) is 0 Å². The van der Waals surface area contributed by atoms with Crippen molar-refractivity contribution >= 4 is 116 Å². The zero-order valence-electron chi connectivity index (χ0n) is 29.5. The van der Waals surface area contributed by atoms with E-state index in [1.54, 1.807) is 13.0 Å². The van der Waals surface area contributed by atoms with Gasteiger partial charge in [0.25, 0.3) is 23.4 Å². The lowest BCUT2D eigenvalue weighted by Gasteiger charge is -2.49. The number of aromatic nitrogens is 5. The molecule has 0 saturated carbocycles. The highest BCUT2D eigenvalue weighted by atomic mass is 35.5. The number of fused-ring (bicyclic) bond motifs is 2. The molecular weight excluding hydrogens is 870 g/mol. The van der Waals surface area contributed by atoms with Gasteiger partial charge in [0.2, 0.25) is 0 Å². The van der Waals surface area contributed by atoms with E-state index in [9.17, 15) is 43.8 Å². The number of carboxylic acid groups (broad SMARTS) is 2. The maximum absolute atomic E-state index is 13.7. The number of oxime groups is 1. The number of amides is 2. The van der Waals surface area contributed by atoms with Crippen LogP contribution in [0.25, 0.3) is 5.78 Å². The number of nitrogens with two attached hydrogens (primary N) is 1. The zero-order valence-corrected chi connectivity index (χ0v) is 33.4. The first kappa shape index (κ1) is 41.8. The third kappa shape index (κ3) is 8.69. The van der Waals surface area contributed by atoms with Crippen molar-refractivity contribution in [2.24, 2.45) is 5.16 Å². The van der Waals surface area contributed by atoms with Crippen LogP contribution < -0.4 is 20.5 Å². The molecule has 6 rings (SSSR count). The quantitative estimate of drug-likeness (QED) is 0.0162. The Morgan fingerprint density at radius 2 is 1.71 bits per heavy atom. The molecule has 302 valence electrons. The van der Waals surface area contributed by atoms with E-state index in [1.165, 1.54) is 34.6 Å². The van der Waals surface area contributed by atoms with E-state index in [4.69, 9.17) is 43.2 Å². The predicted molar refractivity (Wildman–Crippen MR) is 205 cm³/mol. The number of rotatable bonds is 14. The van der Waals surface area contributed by atoms with Gasteiger partial charge in [-0.15, -0.1) is 63.2 Å². The molecule has 3 aromatic heterocycles. The number of benzene rings is 1. The van der Waals surface area contributed by atoms with Crippen molar-refractivity contribution in [2.75, 3.05) is 29.0 Å². The lowest BCUT2D eigenvalue weighted by molar-refractivity contribution is -0.150. The standard InChI is InChI=1S/C32H25Cl2N9O12S3/c1-11-3-16(53-19(44)6-33)17(54-20(45)7-34)5-14(11)30(52)55-41-21(15-10-58-31(35)37-15)25(46)38-22-26(47)42-23(28(48)49)13(9-57-27(22)42)8-56-18-4-12(2)36-32-39-24(29(50)51)40-43(18)32/h3-5,10,22,27H,6-9H2,1-2H3,(H2,35,37)(H,38,46)(H,48,49)(H,50,51)/t22-,27-/m1/s1. The molecule has 5 heterocycles. The van der Waals surface area contributed by atoms with Gasteiger partial charge in [-0.25, -0.2) is 24.4 Å². The van der Waals surface area contributed by atoms with E-state index in [2.05, 4.69) is 30.5 Å². The number of nitrogens with zero attached hydrogens (tertiary/aromatic N) is 7. The zero-order chi connectivity index (χ0) is 42.0. The lowest BCUT2D eigenvalue weighted by atomic mass is 10.0. The number of nitrogens with one attached hydrogen (secondary N) is 1. The largest absolute Gasteiger partial charge is 0.477 e. The Morgan fingerprint density at radius 3 is 2.33 bits per heavy atom. The molecular formula is C32H25Cl2N9O12S3. The summed E-state index contributed by atoms with van der Waals surface area (Å²) in [6.45, 7) is 3.11. The fourth-order valence-electron chi connectivity index (χ4n) is 5.39. The van der Waals surface area contributed by atoms with Crippen LogP contribution in [0.15, 0.2) is 45.0 Å². The average molecular weight is 895 g/mol. The summed E-state index contributed by atoms with van der Waals surface area (Å²) in [4.78, 5) is 107. The number of ether oxygens (including phenoxy) is 2. The summed E-state index contributed by atoms with van der Waals surface area (Å²) in [5.41, 5.74) is 5.60. The number of alkyl halides is 2. The molecule has 1 saturated heterocycles. The topological polar surface area (TPSA) is 297 Å². The first-order chi connectivity index (χ1) is 27.6. The molecule has 2 aliphatic rings. The van der Waals surface area contributed by atoms with E-state index in [0.717, 1.165) is 34.1 Å².